The molecule has 0 bridgehead atoms. The van der Waals surface area contributed by atoms with Crippen LogP contribution in [0.2, 0.25) is 0 Å². The quantitative estimate of drug-likeness (QED) is 0.769. The first kappa shape index (κ1) is 12.2. The molecule has 0 spiro atoms. The molecule has 0 radical (unpaired) electrons. The van der Waals surface area contributed by atoms with Crippen LogP contribution in [0.1, 0.15) is 32.6 Å². The topological polar surface area (TPSA) is 88.0 Å². The minimum absolute atomic E-state index is 0.0793. The molecule has 0 saturated heterocycles. The Morgan fingerprint density at radius 3 is 2.82 bits per heavy atom. The second-order valence-electron chi connectivity index (χ2n) is 4.26. The maximum absolute atomic E-state index is 11.8. The first-order valence-corrected chi connectivity index (χ1v) is 6.60. The molecule has 1 aromatic rings. The van der Waals surface area contributed by atoms with Gasteiger partial charge in [-0.3, -0.25) is 9.36 Å². The summed E-state index contributed by atoms with van der Waals surface area (Å²) in [5.74, 6) is -0.986. The lowest BCUT2D eigenvalue weighted by atomic mass is 9.74. The van der Waals surface area contributed by atoms with Crippen molar-refractivity contribution in [3.05, 3.63) is 10.5 Å². The Morgan fingerprint density at radius 2 is 2.35 bits per heavy atom. The minimum Gasteiger partial charge on any atom is -0.481 e. The van der Waals surface area contributed by atoms with E-state index in [1.54, 1.807) is 4.57 Å². The minimum atomic E-state index is -0.906. The molecule has 2 N–H and O–H groups in total. The van der Waals surface area contributed by atoms with E-state index in [0.717, 1.165) is 37.4 Å². The SMILES string of the molecule is CCC1(n2c(SCC(=O)O)n[nH]c2=O)CCC1. The highest BCUT2D eigenvalue weighted by Crippen LogP contribution is 2.42. The molecule has 7 heteroatoms. The zero-order chi connectivity index (χ0) is 12.5. The fourth-order valence-electron chi connectivity index (χ4n) is 2.24. The molecule has 0 unspecified atom stereocenters. The first-order chi connectivity index (χ1) is 8.09. The molecule has 0 aromatic carbocycles. The van der Waals surface area contributed by atoms with E-state index in [4.69, 9.17) is 5.11 Å². The van der Waals surface area contributed by atoms with Crippen molar-refractivity contribution in [2.45, 2.75) is 43.3 Å². The smallest absolute Gasteiger partial charge is 0.344 e. The lowest BCUT2D eigenvalue weighted by molar-refractivity contribution is -0.133. The molecule has 2 rings (SSSR count). The number of carboxylic acids is 1. The van der Waals surface area contributed by atoms with Crippen molar-refractivity contribution < 1.29 is 9.90 Å². The van der Waals surface area contributed by atoms with Crippen molar-refractivity contribution in [2.24, 2.45) is 0 Å². The third kappa shape index (κ3) is 2.11. The number of rotatable bonds is 5. The average molecular weight is 257 g/mol. The number of hydrogen-bond donors (Lipinski definition) is 2. The predicted octanol–water partition coefficient (Wildman–Crippen LogP) is 1.04. The summed E-state index contributed by atoms with van der Waals surface area (Å²) in [6, 6.07) is 0. The maximum atomic E-state index is 11.8. The van der Waals surface area contributed by atoms with E-state index in [1.165, 1.54) is 0 Å². The van der Waals surface area contributed by atoms with Gasteiger partial charge in [-0.1, -0.05) is 18.7 Å². The van der Waals surface area contributed by atoms with E-state index in [9.17, 15) is 9.59 Å². The number of carbonyl (C=O) groups is 1. The summed E-state index contributed by atoms with van der Waals surface area (Å²) < 4.78 is 1.64. The van der Waals surface area contributed by atoms with Gasteiger partial charge >= 0.3 is 11.7 Å². The summed E-state index contributed by atoms with van der Waals surface area (Å²) >= 11 is 1.09. The number of aromatic amines is 1. The van der Waals surface area contributed by atoms with Crippen molar-refractivity contribution >= 4 is 17.7 Å². The molecule has 1 saturated carbocycles. The van der Waals surface area contributed by atoms with E-state index in [-0.39, 0.29) is 17.0 Å². The van der Waals surface area contributed by atoms with Gasteiger partial charge < -0.3 is 5.11 Å². The van der Waals surface area contributed by atoms with E-state index in [2.05, 4.69) is 10.2 Å². The van der Waals surface area contributed by atoms with Crippen molar-refractivity contribution in [3.8, 4) is 0 Å². The second-order valence-corrected chi connectivity index (χ2v) is 5.20. The fourth-order valence-corrected chi connectivity index (χ4v) is 3.01. The molecule has 0 aliphatic heterocycles. The number of aromatic nitrogens is 3. The normalized spacial score (nSPS) is 17.7. The fraction of sp³-hybridized carbons (Fsp3) is 0.700. The summed E-state index contributed by atoms with van der Waals surface area (Å²) in [6.45, 7) is 2.05. The maximum Gasteiger partial charge on any atom is 0.344 e. The molecule has 94 valence electrons. The molecule has 1 aromatic heterocycles. The largest absolute Gasteiger partial charge is 0.481 e. The number of H-pyrrole nitrogens is 1. The summed E-state index contributed by atoms with van der Waals surface area (Å²) in [4.78, 5) is 22.3. The van der Waals surface area contributed by atoms with Gasteiger partial charge in [0.2, 0.25) is 0 Å². The van der Waals surface area contributed by atoms with E-state index < -0.39 is 5.97 Å². The molecular formula is C10H15N3O3S. The molecule has 1 heterocycles. The molecular weight excluding hydrogens is 242 g/mol. The van der Waals surface area contributed by atoms with Gasteiger partial charge in [0.15, 0.2) is 5.16 Å². The Hall–Kier alpha value is -1.24. The third-order valence-corrected chi connectivity index (χ3v) is 4.31. The van der Waals surface area contributed by atoms with Crippen LogP contribution in [0, 0.1) is 0 Å². The molecule has 0 amide bonds. The number of thioether (sulfide) groups is 1. The summed E-state index contributed by atoms with van der Waals surface area (Å²) in [6.07, 6.45) is 3.90. The van der Waals surface area contributed by atoms with Crippen molar-refractivity contribution in [1.82, 2.24) is 14.8 Å². The van der Waals surface area contributed by atoms with Crippen LogP contribution in [0.3, 0.4) is 0 Å². The molecule has 1 aliphatic rings. The average Bonchev–Trinajstić information content (AvgIpc) is 2.58. The number of carboxylic acid groups (broad SMARTS) is 1. The Balaban J connectivity index is 2.29. The van der Waals surface area contributed by atoms with Crippen LogP contribution >= 0.6 is 11.8 Å². The van der Waals surface area contributed by atoms with Crippen molar-refractivity contribution in [1.29, 1.82) is 0 Å². The highest BCUT2D eigenvalue weighted by Gasteiger charge is 2.40. The first-order valence-electron chi connectivity index (χ1n) is 5.61. The van der Waals surface area contributed by atoms with Crippen molar-refractivity contribution in [3.63, 3.8) is 0 Å². The summed E-state index contributed by atoms with van der Waals surface area (Å²) in [5.41, 5.74) is -0.385. The van der Waals surface area contributed by atoms with Gasteiger partial charge in [-0.2, -0.15) is 0 Å². The summed E-state index contributed by atoms with van der Waals surface area (Å²) in [5, 5.41) is 15.5. The zero-order valence-electron chi connectivity index (χ0n) is 9.60. The third-order valence-electron chi connectivity index (χ3n) is 3.38. The van der Waals surface area contributed by atoms with Crippen LogP contribution in [0.25, 0.3) is 0 Å². The van der Waals surface area contributed by atoms with Crippen molar-refractivity contribution in [2.75, 3.05) is 5.75 Å². The Morgan fingerprint density at radius 1 is 1.65 bits per heavy atom. The molecule has 6 nitrogen and oxygen atoms in total. The lowest BCUT2D eigenvalue weighted by Gasteiger charge is -2.42. The van der Waals surface area contributed by atoms with Gasteiger partial charge in [-0.25, -0.2) is 9.89 Å². The highest BCUT2D eigenvalue weighted by atomic mass is 32.2. The molecule has 0 atom stereocenters. The van der Waals surface area contributed by atoms with Gasteiger partial charge in [0.25, 0.3) is 0 Å². The lowest BCUT2D eigenvalue weighted by Crippen LogP contribution is -2.45. The van der Waals surface area contributed by atoms with Gasteiger partial charge in [-0.15, -0.1) is 5.10 Å². The standard InChI is InChI=1S/C10H15N3O3S/c1-2-10(4-3-5-10)13-8(16)11-12-9(13)17-6-7(14)15/h2-6H2,1H3,(H,11,16)(H,14,15). The number of nitrogens with one attached hydrogen (secondary N) is 1. The Bertz CT molecular complexity index is 470. The number of aliphatic carboxylic acids is 1. The van der Waals surface area contributed by atoms with E-state index >= 15 is 0 Å². The van der Waals surface area contributed by atoms with E-state index in [1.807, 2.05) is 6.92 Å². The zero-order valence-corrected chi connectivity index (χ0v) is 10.4. The van der Waals surface area contributed by atoms with Crippen LogP contribution in [-0.2, 0) is 10.3 Å². The highest BCUT2D eigenvalue weighted by molar-refractivity contribution is 7.99. The van der Waals surface area contributed by atoms with Gasteiger partial charge in [0.05, 0.1) is 11.3 Å². The van der Waals surface area contributed by atoms with Gasteiger partial charge in [0.1, 0.15) is 0 Å². The molecule has 17 heavy (non-hydrogen) atoms. The number of nitrogens with zero attached hydrogens (tertiary/aromatic N) is 2. The van der Waals surface area contributed by atoms with Crippen LogP contribution < -0.4 is 5.69 Å². The van der Waals surface area contributed by atoms with Crippen LogP contribution in [0.4, 0.5) is 0 Å². The Labute approximate surface area is 102 Å². The van der Waals surface area contributed by atoms with Gasteiger partial charge in [-0.05, 0) is 25.7 Å². The molecule has 1 aliphatic carbocycles. The Kier molecular flexibility index (Phi) is 3.28. The van der Waals surface area contributed by atoms with E-state index in [0.29, 0.717) is 5.16 Å². The van der Waals surface area contributed by atoms with Crippen LogP contribution in [0.5, 0.6) is 0 Å². The predicted molar refractivity (Wildman–Crippen MR) is 63.3 cm³/mol. The molecule has 1 fully saturated rings. The monoisotopic (exact) mass is 257 g/mol. The van der Waals surface area contributed by atoms with Crippen LogP contribution in [0.15, 0.2) is 9.95 Å². The summed E-state index contributed by atoms with van der Waals surface area (Å²) in [7, 11) is 0. The van der Waals surface area contributed by atoms with Crippen LogP contribution in [-0.4, -0.2) is 31.6 Å². The number of hydrogen-bond acceptors (Lipinski definition) is 4. The van der Waals surface area contributed by atoms with Gasteiger partial charge in [0, 0.05) is 0 Å². The second kappa shape index (κ2) is 4.56.